The van der Waals surface area contributed by atoms with Crippen LogP contribution in [0.2, 0.25) is 0 Å². The molecule has 0 saturated heterocycles. The first-order valence-corrected chi connectivity index (χ1v) is 10.0. The van der Waals surface area contributed by atoms with E-state index in [9.17, 15) is 4.79 Å². The van der Waals surface area contributed by atoms with Crippen LogP contribution >= 0.6 is 12.8 Å². The molecule has 1 aromatic carbocycles. The Bertz CT molecular complexity index is 1160. The molecular formula is C21H21N7OS. The standard InChI is InChI=1S/C21H21N7OS/c1-2-28(30)21(29)26-19-9-8-17-20(25-19)24-18(13-22-17)16-12-23-27(14-16)11-10-15-6-4-3-5-7-15/h3-9,12-14,30H,2,10-11H2,1H3,(H,24,25,26,29). The number of nitrogens with zero attached hydrogens (tertiary/aromatic N) is 6. The van der Waals surface area contributed by atoms with E-state index in [0.29, 0.717) is 29.2 Å². The van der Waals surface area contributed by atoms with E-state index >= 15 is 0 Å². The molecule has 8 nitrogen and oxygen atoms in total. The number of rotatable bonds is 6. The fourth-order valence-electron chi connectivity index (χ4n) is 2.93. The molecular weight excluding hydrogens is 398 g/mol. The molecule has 152 valence electrons. The Morgan fingerprint density at radius 1 is 1.13 bits per heavy atom. The van der Waals surface area contributed by atoms with Gasteiger partial charge in [0, 0.05) is 24.8 Å². The lowest BCUT2D eigenvalue weighted by Gasteiger charge is -2.13. The van der Waals surface area contributed by atoms with E-state index in [1.54, 1.807) is 24.5 Å². The number of nitrogens with one attached hydrogen (secondary N) is 1. The zero-order valence-corrected chi connectivity index (χ0v) is 17.3. The lowest BCUT2D eigenvalue weighted by molar-refractivity contribution is 0.240. The highest BCUT2D eigenvalue weighted by Gasteiger charge is 2.11. The molecule has 30 heavy (non-hydrogen) atoms. The number of benzene rings is 1. The van der Waals surface area contributed by atoms with Gasteiger partial charge in [-0.05, 0) is 31.0 Å². The highest BCUT2D eigenvalue weighted by Crippen LogP contribution is 2.19. The van der Waals surface area contributed by atoms with Gasteiger partial charge >= 0.3 is 6.03 Å². The third-order valence-corrected chi connectivity index (χ3v) is 5.04. The van der Waals surface area contributed by atoms with Crippen LogP contribution in [0.25, 0.3) is 22.4 Å². The number of hydrogen-bond donors (Lipinski definition) is 2. The molecule has 4 rings (SSSR count). The zero-order valence-electron chi connectivity index (χ0n) is 16.4. The van der Waals surface area contributed by atoms with E-state index in [-0.39, 0.29) is 6.03 Å². The number of fused-ring (bicyclic) bond motifs is 1. The van der Waals surface area contributed by atoms with Crippen molar-refractivity contribution in [1.29, 1.82) is 0 Å². The van der Waals surface area contributed by atoms with Gasteiger partial charge in [-0.3, -0.25) is 19.3 Å². The number of urea groups is 1. The van der Waals surface area contributed by atoms with Crippen molar-refractivity contribution in [2.24, 2.45) is 0 Å². The zero-order chi connectivity index (χ0) is 20.9. The molecule has 2 amide bonds. The summed E-state index contributed by atoms with van der Waals surface area (Å²) in [5.74, 6) is 0.394. The Morgan fingerprint density at radius 3 is 2.77 bits per heavy atom. The number of thiol groups is 1. The van der Waals surface area contributed by atoms with Gasteiger partial charge in [-0.1, -0.05) is 43.1 Å². The van der Waals surface area contributed by atoms with Crippen molar-refractivity contribution >= 4 is 35.8 Å². The van der Waals surface area contributed by atoms with Crippen LogP contribution in [0.1, 0.15) is 12.5 Å². The molecule has 3 heterocycles. The fraction of sp³-hybridized carbons (Fsp3) is 0.190. The van der Waals surface area contributed by atoms with Crippen LogP contribution in [0.4, 0.5) is 10.6 Å². The van der Waals surface area contributed by atoms with E-state index < -0.39 is 0 Å². The lowest BCUT2D eigenvalue weighted by atomic mass is 10.1. The molecule has 0 aliphatic carbocycles. The number of aryl methyl sites for hydroxylation is 2. The Hall–Kier alpha value is -3.46. The molecule has 0 saturated carbocycles. The number of amides is 2. The van der Waals surface area contributed by atoms with Crippen molar-refractivity contribution in [2.45, 2.75) is 19.9 Å². The molecule has 0 unspecified atom stereocenters. The van der Waals surface area contributed by atoms with Crippen molar-refractivity contribution < 1.29 is 4.79 Å². The van der Waals surface area contributed by atoms with Gasteiger partial charge in [0.2, 0.25) is 0 Å². The summed E-state index contributed by atoms with van der Waals surface area (Å²) in [5, 5.41) is 7.13. The molecule has 4 aromatic rings. The summed E-state index contributed by atoms with van der Waals surface area (Å²) in [6.07, 6.45) is 6.32. The smallest absolute Gasteiger partial charge is 0.291 e. The minimum absolute atomic E-state index is 0.350. The topological polar surface area (TPSA) is 88.8 Å². The first kappa shape index (κ1) is 19.8. The van der Waals surface area contributed by atoms with Crippen molar-refractivity contribution in [3.63, 3.8) is 0 Å². The molecule has 9 heteroatoms. The van der Waals surface area contributed by atoms with E-state index in [4.69, 9.17) is 0 Å². The molecule has 0 aliphatic heterocycles. The Labute approximate surface area is 179 Å². The summed E-state index contributed by atoms with van der Waals surface area (Å²) in [5.41, 5.74) is 3.90. The van der Waals surface area contributed by atoms with E-state index in [2.05, 4.69) is 50.3 Å². The summed E-state index contributed by atoms with van der Waals surface area (Å²) < 4.78 is 3.15. The third-order valence-electron chi connectivity index (χ3n) is 4.58. The van der Waals surface area contributed by atoms with Crippen molar-refractivity contribution in [3.05, 3.63) is 66.6 Å². The monoisotopic (exact) mass is 419 g/mol. The molecule has 0 aliphatic rings. The average molecular weight is 420 g/mol. The van der Waals surface area contributed by atoms with Gasteiger partial charge in [0.05, 0.1) is 18.1 Å². The first-order chi connectivity index (χ1) is 14.6. The summed E-state index contributed by atoms with van der Waals surface area (Å²) in [7, 11) is 0. The van der Waals surface area contributed by atoms with Crippen LogP contribution in [-0.4, -0.2) is 41.6 Å². The lowest BCUT2D eigenvalue weighted by Crippen LogP contribution is -2.27. The number of pyridine rings is 1. The summed E-state index contributed by atoms with van der Waals surface area (Å²) >= 11 is 4.09. The average Bonchev–Trinajstić information content (AvgIpc) is 3.26. The van der Waals surface area contributed by atoms with Gasteiger partial charge in [0.25, 0.3) is 0 Å². The van der Waals surface area contributed by atoms with E-state index in [0.717, 1.165) is 18.5 Å². The predicted molar refractivity (Wildman–Crippen MR) is 119 cm³/mol. The van der Waals surface area contributed by atoms with Crippen molar-refractivity contribution in [3.8, 4) is 11.3 Å². The second kappa shape index (κ2) is 8.91. The molecule has 3 aromatic heterocycles. The number of anilines is 1. The van der Waals surface area contributed by atoms with Crippen LogP contribution in [-0.2, 0) is 13.0 Å². The first-order valence-electron chi connectivity index (χ1n) is 9.60. The van der Waals surface area contributed by atoms with Crippen LogP contribution in [0, 0.1) is 0 Å². The van der Waals surface area contributed by atoms with E-state index in [1.807, 2.05) is 36.0 Å². The third kappa shape index (κ3) is 4.57. The molecule has 0 fully saturated rings. The molecule has 0 atom stereocenters. The van der Waals surface area contributed by atoms with Gasteiger partial charge in [-0.25, -0.2) is 14.8 Å². The molecule has 1 N–H and O–H groups in total. The van der Waals surface area contributed by atoms with Gasteiger partial charge in [0.1, 0.15) is 11.3 Å². The largest absolute Gasteiger partial charge is 0.332 e. The minimum Gasteiger partial charge on any atom is -0.291 e. The highest BCUT2D eigenvalue weighted by molar-refractivity contribution is 7.78. The Kier molecular flexibility index (Phi) is 5.89. The van der Waals surface area contributed by atoms with Crippen LogP contribution in [0.5, 0.6) is 0 Å². The summed E-state index contributed by atoms with van der Waals surface area (Å²) in [6, 6.07) is 13.4. The number of carbonyl (C=O) groups excluding carboxylic acids is 1. The maximum Gasteiger partial charge on any atom is 0.332 e. The van der Waals surface area contributed by atoms with Crippen LogP contribution < -0.4 is 5.32 Å². The SMILES string of the molecule is CCN(S)C(=O)Nc1ccc2ncc(-c3cnn(CCc4ccccc4)c3)nc2n1. The summed E-state index contributed by atoms with van der Waals surface area (Å²) in [4.78, 5) is 25.4. The predicted octanol–water partition coefficient (Wildman–Crippen LogP) is 3.83. The Balaban J connectivity index is 1.51. The van der Waals surface area contributed by atoms with Crippen LogP contribution in [0.15, 0.2) is 61.1 Å². The van der Waals surface area contributed by atoms with Crippen molar-refractivity contribution in [1.82, 2.24) is 29.0 Å². The second-order valence-electron chi connectivity index (χ2n) is 6.67. The van der Waals surface area contributed by atoms with Gasteiger partial charge in [0.15, 0.2) is 5.65 Å². The highest BCUT2D eigenvalue weighted by atomic mass is 32.1. The number of aromatic nitrogens is 5. The molecule has 0 radical (unpaired) electrons. The Morgan fingerprint density at radius 2 is 1.97 bits per heavy atom. The van der Waals surface area contributed by atoms with Crippen LogP contribution in [0.3, 0.4) is 0 Å². The van der Waals surface area contributed by atoms with Gasteiger partial charge in [-0.2, -0.15) is 5.10 Å². The maximum absolute atomic E-state index is 12.0. The minimum atomic E-state index is -0.350. The number of hydrogen-bond acceptors (Lipinski definition) is 6. The maximum atomic E-state index is 12.0. The normalized spacial score (nSPS) is 10.9. The van der Waals surface area contributed by atoms with Gasteiger partial charge < -0.3 is 0 Å². The summed E-state index contributed by atoms with van der Waals surface area (Å²) in [6.45, 7) is 3.08. The van der Waals surface area contributed by atoms with E-state index in [1.165, 1.54) is 9.87 Å². The second-order valence-corrected chi connectivity index (χ2v) is 7.15. The molecule has 0 bridgehead atoms. The number of carbonyl (C=O) groups is 1. The molecule has 0 spiro atoms. The van der Waals surface area contributed by atoms with Gasteiger partial charge in [-0.15, -0.1) is 0 Å². The fourth-order valence-corrected chi connectivity index (χ4v) is 2.98. The van der Waals surface area contributed by atoms with Crippen molar-refractivity contribution in [2.75, 3.05) is 11.9 Å². The quantitative estimate of drug-likeness (QED) is 0.464.